The lowest BCUT2D eigenvalue weighted by Crippen LogP contribution is -2.43. The first-order valence-electron chi connectivity index (χ1n) is 4.18. The molecular formula is C8H16FNO. The van der Waals surface area contributed by atoms with Crippen molar-refractivity contribution < 1.29 is 9.13 Å². The third kappa shape index (κ3) is 2.42. The van der Waals surface area contributed by atoms with Crippen molar-refractivity contribution in [2.75, 3.05) is 26.7 Å². The van der Waals surface area contributed by atoms with E-state index in [1.807, 2.05) is 18.9 Å². The molecule has 0 aromatic carbocycles. The Labute approximate surface area is 67.3 Å². The molecule has 0 spiro atoms. The number of halogens is 1. The van der Waals surface area contributed by atoms with E-state index in [9.17, 15) is 4.39 Å². The van der Waals surface area contributed by atoms with Crippen molar-refractivity contribution in [3.05, 3.63) is 0 Å². The van der Waals surface area contributed by atoms with Crippen LogP contribution in [0.3, 0.4) is 0 Å². The molecule has 0 N–H and O–H groups in total. The normalized spacial score (nSPS) is 34.1. The second-order valence-corrected chi connectivity index (χ2v) is 3.06. The zero-order valence-electron chi connectivity index (χ0n) is 7.22. The van der Waals surface area contributed by atoms with E-state index in [1.54, 1.807) is 0 Å². The van der Waals surface area contributed by atoms with E-state index < -0.39 is 6.17 Å². The highest BCUT2D eigenvalue weighted by atomic mass is 19.1. The first-order chi connectivity index (χ1) is 5.24. The van der Waals surface area contributed by atoms with Gasteiger partial charge in [0.05, 0.1) is 6.10 Å². The van der Waals surface area contributed by atoms with Crippen LogP contribution in [0.1, 0.15) is 13.3 Å². The molecule has 1 fully saturated rings. The Balaban J connectivity index is 2.31. The van der Waals surface area contributed by atoms with E-state index in [0.717, 1.165) is 13.0 Å². The summed E-state index contributed by atoms with van der Waals surface area (Å²) in [5, 5.41) is 0. The number of hydrogen-bond donors (Lipinski definition) is 0. The van der Waals surface area contributed by atoms with Gasteiger partial charge >= 0.3 is 0 Å². The molecule has 66 valence electrons. The van der Waals surface area contributed by atoms with Crippen LogP contribution in [0.4, 0.5) is 4.39 Å². The molecule has 1 heterocycles. The van der Waals surface area contributed by atoms with Crippen LogP contribution >= 0.6 is 0 Å². The quantitative estimate of drug-likeness (QED) is 0.600. The molecule has 0 radical (unpaired) electrons. The van der Waals surface area contributed by atoms with E-state index in [4.69, 9.17) is 4.74 Å². The summed E-state index contributed by atoms with van der Waals surface area (Å²) >= 11 is 0. The van der Waals surface area contributed by atoms with Crippen LogP contribution in [0.2, 0.25) is 0 Å². The highest BCUT2D eigenvalue weighted by Crippen LogP contribution is 2.15. The van der Waals surface area contributed by atoms with Gasteiger partial charge < -0.3 is 9.64 Å². The molecule has 1 saturated heterocycles. The molecule has 1 unspecified atom stereocenters. The molecule has 2 nitrogen and oxygen atoms in total. The van der Waals surface area contributed by atoms with E-state index in [0.29, 0.717) is 13.2 Å². The van der Waals surface area contributed by atoms with Gasteiger partial charge in [0.1, 0.15) is 6.17 Å². The third-order valence-corrected chi connectivity index (χ3v) is 2.07. The summed E-state index contributed by atoms with van der Waals surface area (Å²) in [5.74, 6) is 0. The van der Waals surface area contributed by atoms with E-state index in [-0.39, 0.29) is 6.10 Å². The van der Waals surface area contributed by atoms with Crippen LogP contribution in [0.25, 0.3) is 0 Å². The molecule has 0 bridgehead atoms. The maximum Gasteiger partial charge on any atom is 0.139 e. The van der Waals surface area contributed by atoms with Crippen LogP contribution in [0.5, 0.6) is 0 Å². The molecule has 2 atom stereocenters. The number of ether oxygens (including phenoxy) is 1. The average Bonchev–Trinajstić information content (AvgIpc) is 1.95. The van der Waals surface area contributed by atoms with Gasteiger partial charge in [-0.15, -0.1) is 0 Å². The van der Waals surface area contributed by atoms with Crippen molar-refractivity contribution in [1.82, 2.24) is 4.90 Å². The van der Waals surface area contributed by atoms with Gasteiger partial charge in [0.25, 0.3) is 0 Å². The van der Waals surface area contributed by atoms with Gasteiger partial charge in [-0.05, 0) is 20.4 Å². The van der Waals surface area contributed by atoms with E-state index in [2.05, 4.69) is 0 Å². The molecule has 1 aliphatic heterocycles. The van der Waals surface area contributed by atoms with Crippen LogP contribution in [0, 0.1) is 0 Å². The fourth-order valence-corrected chi connectivity index (χ4v) is 1.44. The average molecular weight is 161 g/mol. The molecule has 0 aliphatic carbocycles. The van der Waals surface area contributed by atoms with Crippen LogP contribution in [-0.4, -0.2) is 43.9 Å². The molecule has 3 heteroatoms. The summed E-state index contributed by atoms with van der Waals surface area (Å²) < 4.78 is 18.4. The zero-order valence-corrected chi connectivity index (χ0v) is 7.22. The highest BCUT2D eigenvalue weighted by Gasteiger charge is 2.27. The number of rotatable bonds is 2. The molecule has 0 amide bonds. The zero-order chi connectivity index (χ0) is 8.27. The third-order valence-electron chi connectivity index (χ3n) is 2.07. The largest absolute Gasteiger partial charge is 0.375 e. The number of likely N-dealkylation sites (tertiary alicyclic amines) is 1. The Morgan fingerprint density at radius 3 is 2.91 bits per heavy atom. The van der Waals surface area contributed by atoms with Crippen molar-refractivity contribution in [3.63, 3.8) is 0 Å². The molecule has 0 aromatic heterocycles. The van der Waals surface area contributed by atoms with Gasteiger partial charge in [-0.2, -0.15) is 0 Å². The Morgan fingerprint density at radius 1 is 1.64 bits per heavy atom. The number of piperidine rings is 1. The minimum absolute atomic E-state index is 0.156. The Morgan fingerprint density at radius 2 is 2.36 bits per heavy atom. The van der Waals surface area contributed by atoms with Gasteiger partial charge in [-0.25, -0.2) is 4.39 Å². The first kappa shape index (κ1) is 8.94. The molecular weight excluding hydrogens is 145 g/mol. The molecule has 1 rings (SSSR count). The fourth-order valence-electron chi connectivity index (χ4n) is 1.44. The second-order valence-electron chi connectivity index (χ2n) is 3.06. The standard InChI is InChI=1S/C8H16FNO/c1-3-11-8-4-5-10(2)6-7(8)9/h7-8H,3-6H2,1-2H3/t7-,8?/m0/s1. The second kappa shape index (κ2) is 4.02. The minimum atomic E-state index is -0.798. The maximum absolute atomic E-state index is 13.1. The molecule has 0 aromatic rings. The molecule has 11 heavy (non-hydrogen) atoms. The van der Waals surface area contributed by atoms with Crippen molar-refractivity contribution in [2.24, 2.45) is 0 Å². The summed E-state index contributed by atoms with van der Waals surface area (Å²) in [7, 11) is 1.94. The van der Waals surface area contributed by atoms with E-state index >= 15 is 0 Å². The Kier molecular flexibility index (Phi) is 3.27. The van der Waals surface area contributed by atoms with E-state index in [1.165, 1.54) is 0 Å². The monoisotopic (exact) mass is 161 g/mol. The number of alkyl halides is 1. The predicted octanol–water partition coefficient (Wildman–Crippen LogP) is 1.07. The lowest BCUT2D eigenvalue weighted by Gasteiger charge is -2.31. The van der Waals surface area contributed by atoms with Gasteiger partial charge in [0.2, 0.25) is 0 Å². The smallest absolute Gasteiger partial charge is 0.139 e. The number of nitrogens with zero attached hydrogens (tertiary/aromatic N) is 1. The van der Waals surface area contributed by atoms with Gasteiger partial charge in [0.15, 0.2) is 0 Å². The molecule has 0 saturated carbocycles. The summed E-state index contributed by atoms with van der Waals surface area (Å²) in [6.45, 7) is 4.00. The summed E-state index contributed by atoms with van der Waals surface area (Å²) in [4.78, 5) is 2.00. The van der Waals surface area contributed by atoms with Crippen molar-refractivity contribution in [3.8, 4) is 0 Å². The topological polar surface area (TPSA) is 12.5 Å². The fraction of sp³-hybridized carbons (Fsp3) is 1.00. The number of hydrogen-bond acceptors (Lipinski definition) is 2. The van der Waals surface area contributed by atoms with Gasteiger partial charge in [-0.1, -0.05) is 0 Å². The van der Waals surface area contributed by atoms with Gasteiger partial charge in [0, 0.05) is 19.7 Å². The Hall–Kier alpha value is -0.150. The summed E-state index contributed by atoms with van der Waals surface area (Å²) in [6.07, 6.45) is -0.129. The van der Waals surface area contributed by atoms with Crippen molar-refractivity contribution >= 4 is 0 Å². The Bertz CT molecular complexity index is 121. The predicted molar refractivity (Wildman–Crippen MR) is 42.4 cm³/mol. The summed E-state index contributed by atoms with van der Waals surface area (Å²) in [6, 6.07) is 0. The van der Waals surface area contributed by atoms with Crippen molar-refractivity contribution in [2.45, 2.75) is 25.6 Å². The summed E-state index contributed by atoms with van der Waals surface area (Å²) in [5.41, 5.74) is 0. The van der Waals surface area contributed by atoms with Crippen LogP contribution in [0.15, 0.2) is 0 Å². The highest BCUT2D eigenvalue weighted by molar-refractivity contribution is 4.79. The van der Waals surface area contributed by atoms with Crippen molar-refractivity contribution in [1.29, 1.82) is 0 Å². The first-order valence-corrected chi connectivity index (χ1v) is 4.18. The van der Waals surface area contributed by atoms with Gasteiger partial charge in [-0.3, -0.25) is 0 Å². The molecule has 1 aliphatic rings. The lowest BCUT2D eigenvalue weighted by molar-refractivity contribution is -0.0361. The maximum atomic E-state index is 13.1. The van der Waals surface area contributed by atoms with Crippen LogP contribution in [-0.2, 0) is 4.74 Å². The SMILES string of the molecule is CCOC1CCN(C)C[C@@H]1F. The van der Waals surface area contributed by atoms with Crippen LogP contribution < -0.4 is 0 Å². The lowest BCUT2D eigenvalue weighted by atomic mass is 10.1. The minimum Gasteiger partial charge on any atom is -0.375 e.